The van der Waals surface area contributed by atoms with E-state index in [4.69, 9.17) is 8.92 Å². The molecular formula is C29H31FN2O5S2. The Labute approximate surface area is 234 Å². The first-order valence-electron chi connectivity index (χ1n) is 12.8. The molecule has 0 radical (unpaired) electrons. The summed E-state index contributed by atoms with van der Waals surface area (Å²) in [4.78, 5) is 16.8. The summed E-state index contributed by atoms with van der Waals surface area (Å²) < 4.78 is 46.7. The van der Waals surface area contributed by atoms with Crippen molar-refractivity contribution in [2.75, 3.05) is 37.7 Å². The van der Waals surface area contributed by atoms with Gasteiger partial charge in [0.1, 0.15) is 6.61 Å². The van der Waals surface area contributed by atoms with Gasteiger partial charge in [0.15, 0.2) is 5.75 Å². The number of amides is 1. The molecule has 0 aromatic heterocycles. The zero-order valence-corrected chi connectivity index (χ0v) is 23.8. The lowest BCUT2D eigenvalue weighted by Crippen LogP contribution is -2.49. The van der Waals surface area contributed by atoms with Crippen molar-refractivity contribution in [1.29, 1.82) is 0 Å². The molecule has 5 rings (SSSR count). The highest BCUT2D eigenvalue weighted by molar-refractivity contribution is 7.81. The van der Waals surface area contributed by atoms with Gasteiger partial charge in [-0.1, -0.05) is 52.4 Å². The van der Waals surface area contributed by atoms with E-state index in [1.807, 2.05) is 31.2 Å². The molecule has 10 heteroatoms. The Morgan fingerprint density at radius 3 is 2.03 bits per heavy atom. The van der Waals surface area contributed by atoms with E-state index in [-0.39, 0.29) is 24.4 Å². The van der Waals surface area contributed by atoms with Crippen molar-refractivity contribution in [1.82, 2.24) is 4.90 Å². The molecule has 7 nitrogen and oxygen atoms in total. The minimum absolute atomic E-state index is 0.00893. The maximum atomic E-state index is 13.5. The number of carbonyl (C=O) groups is 1. The highest BCUT2D eigenvalue weighted by Crippen LogP contribution is 2.45. The number of thiol groups is 1. The van der Waals surface area contributed by atoms with E-state index >= 15 is 0 Å². The number of fused-ring (bicyclic) bond motifs is 3. The van der Waals surface area contributed by atoms with Gasteiger partial charge in [0.05, 0.1) is 0 Å². The molecule has 1 amide bonds. The van der Waals surface area contributed by atoms with E-state index in [2.05, 4.69) is 41.8 Å². The quantitative estimate of drug-likeness (QED) is 0.303. The second-order valence-corrected chi connectivity index (χ2v) is 11.2. The second-order valence-electron chi connectivity index (χ2n) is 9.94. The van der Waals surface area contributed by atoms with Gasteiger partial charge in [0.2, 0.25) is 0 Å². The van der Waals surface area contributed by atoms with Crippen LogP contribution >= 0.6 is 12.6 Å². The van der Waals surface area contributed by atoms with Gasteiger partial charge in [-0.15, -0.1) is 0 Å². The van der Waals surface area contributed by atoms with Crippen molar-refractivity contribution in [3.8, 4) is 16.9 Å². The highest BCUT2D eigenvalue weighted by atomic mass is 32.3. The zero-order valence-electron chi connectivity index (χ0n) is 22.1. The van der Waals surface area contributed by atoms with Gasteiger partial charge in [0, 0.05) is 49.1 Å². The minimum atomic E-state index is -5.19. The van der Waals surface area contributed by atoms with Crippen LogP contribution in [0.5, 0.6) is 5.75 Å². The number of rotatable bonds is 6. The number of carbonyl (C=O) groups excluding carboxylic acids is 1. The maximum Gasteiger partial charge on any atom is 0.488 e. The number of hydrogen-bond acceptors (Lipinski definition) is 7. The first kappa shape index (κ1) is 27.3. The SMILES string of the molecule is Cc1c(CS)c(C)c(N2CCN(C(=O)OCC3c4ccccc4-c4ccccc43)CC2)c(C)c1OS(=O)(=O)F. The average molecular weight is 571 g/mol. The van der Waals surface area contributed by atoms with Crippen LogP contribution in [0.25, 0.3) is 11.1 Å². The number of piperazine rings is 1. The van der Waals surface area contributed by atoms with Crippen molar-refractivity contribution >= 4 is 34.9 Å². The Kier molecular flexibility index (Phi) is 7.52. The summed E-state index contributed by atoms with van der Waals surface area (Å²) in [5, 5.41) is 0. The van der Waals surface area contributed by atoms with Gasteiger partial charge in [0.25, 0.3) is 0 Å². The van der Waals surface area contributed by atoms with E-state index in [1.54, 1.807) is 18.7 Å². The van der Waals surface area contributed by atoms with Crippen LogP contribution in [-0.4, -0.2) is 52.2 Å². The normalized spacial score (nSPS) is 15.2. The number of hydrogen-bond donors (Lipinski definition) is 1. The number of halogens is 1. The van der Waals surface area contributed by atoms with E-state index in [0.717, 1.165) is 27.9 Å². The molecule has 1 aliphatic carbocycles. The Morgan fingerprint density at radius 1 is 0.923 bits per heavy atom. The first-order chi connectivity index (χ1) is 18.6. The van der Waals surface area contributed by atoms with E-state index in [1.165, 1.54) is 11.1 Å². The molecular weight excluding hydrogens is 539 g/mol. The van der Waals surface area contributed by atoms with Gasteiger partial charge < -0.3 is 18.7 Å². The monoisotopic (exact) mass is 570 g/mol. The van der Waals surface area contributed by atoms with Gasteiger partial charge in [-0.05, 0) is 59.7 Å². The summed E-state index contributed by atoms with van der Waals surface area (Å²) in [6.07, 6.45) is -0.363. The molecule has 0 unspecified atom stereocenters. The largest absolute Gasteiger partial charge is 0.488 e. The lowest BCUT2D eigenvalue weighted by atomic mass is 9.95. The van der Waals surface area contributed by atoms with Gasteiger partial charge >= 0.3 is 16.6 Å². The van der Waals surface area contributed by atoms with Crippen molar-refractivity contribution in [2.45, 2.75) is 32.4 Å². The van der Waals surface area contributed by atoms with Crippen LogP contribution in [0.3, 0.4) is 0 Å². The average Bonchev–Trinajstić information content (AvgIpc) is 3.23. The van der Waals surface area contributed by atoms with Crippen LogP contribution in [0.1, 0.15) is 39.3 Å². The predicted molar refractivity (Wildman–Crippen MR) is 153 cm³/mol. The van der Waals surface area contributed by atoms with Crippen LogP contribution < -0.4 is 9.08 Å². The number of anilines is 1. The standard InChI is InChI=1S/C29H31FN2O5S2/c1-18-26(17-38)19(2)28(37-39(30,34)35)20(3)27(18)31-12-14-32(15-13-31)29(33)36-16-25-23-10-6-4-8-21(23)22-9-5-7-11-24(22)25/h4-11,25,38H,12-17H2,1-3H3. The third-order valence-corrected chi connectivity index (χ3v) is 8.51. The fourth-order valence-corrected chi connectivity index (χ4v) is 6.89. The molecule has 3 aromatic rings. The minimum Gasteiger partial charge on any atom is -0.448 e. The highest BCUT2D eigenvalue weighted by Gasteiger charge is 2.31. The molecule has 1 saturated heterocycles. The first-order valence-corrected chi connectivity index (χ1v) is 14.8. The van der Waals surface area contributed by atoms with Crippen LogP contribution in [0.4, 0.5) is 14.4 Å². The maximum absolute atomic E-state index is 13.5. The summed E-state index contributed by atoms with van der Waals surface area (Å²) in [5.74, 6) is 0.319. The Hall–Kier alpha value is -3.24. The number of benzene rings is 3. The van der Waals surface area contributed by atoms with Gasteiger partial charge in [-0.3, -0.25) is 0 Å². The number of nitrogens with zero attached hydrogens (tertiary/aromatic N) is 2. The molecule has 0 atom stereocenters. The number of ether oxygens (including phenoxy) is 1. The molecule has 2 aliphatic rings. The van der Waals surface area contributed by atoms with E-state index in [9.17, 15) is 17.1 Å². The van der Waals surface area contributed by atoms with Gasteiger partial charge in [-0.25, -0.2) is 4.79 Å². The predicted octanol–water partition coefficient (Wildman–Crippen LogP) is 5.71. The molecule has 0 N–H and O–H groups in total. The molecule has 3 aromatic carbocycles. The molecule has 1 fully saturated rings. The zero-order chi connectivity index (χ0) is 27.9. The summed E-state index contributed by atoms with van der Waals surface area (Å²) in [5.41, 5.74) is 8.25. The Morgan fingerprint density at radius 2 is 1.49 bits per heavy atom. The summed E-state index contributed by atoms with van der Waals surface area (Å²) in [7, 11) is -5.19. The Bertz CT molecular complexity index is 1490. The fraction of sp³-hybridized carbons (Fsp3) is 0.345. The molecule has 0 spiro atoms. The van der Waals surface area contributed by atoms with E-state index < -0.39 is 10.5 Å². The summed E-state index contributed by atoms with van der Waals surface area (Å²) in [6, 6.07) is 16.4. The smallest absolute Gasteiger partial charge is 0.448 e. The molecule has 206 valence electrons. The third kappa shape index (κ3) is 5.19. The molecule has 1 heterocycles. The fourth-order valence-electron chi connectivity index (χ4n) is 5.97. The summed E-state index contributed by atoms with van der Waals surface area (Å²) >= 11 is 4.40. The van der Waals surface area contributed by atoms with Crippen LogP contribution in [0.2, 0.25) is 0 Å². The van der Waals surface area contributed by atoms with Crippen molar-refractivity contribution < 1.29 is 26.0 Å². The van der Waals surface area contributed by atoms with E-state index in [0.29, 0.717) is 43.1 Å². The van der Waals surface area contributed by atoms with Crippen molar-refractivity contribution in [2.24, 2.45) is 0 Å². The topological polar surface area (TPSA) is 76.2 Å². The van der Waals surface area contributed by atoms with Crippen LogP contribution in [0, 0.1) is 20.8 Å². The molecule has 39 heavy (non-hydrogen) atoms. The third-order valence-electron chi connectivity index (χ3n) is 7.83. The molecule has 0 saturated carbocycles. The van der Waals surface area contributed by atoms with Crippen molar-refractivity contribution in [3.05, 3.63) is 81.9 Å². The summed E-state index contributed by atoms with van der Waals surface area (Å²) in [6.45, 7) is 7.47. The Balaban J connectivity index is 1.29. The second kappa shape index (κ2) is 10.7. The lowest BCUT2D eigenvalue weighted by molar-refractivity contribution is 0.0976. The molecule has 1 aliphatic heterocycles. The van der Waals surface area contributed by atoms with Gasteiger partial charge in [-0.2, -0.15) is 21.0 Å². The lowest BCUT2D eigenvalue weighted by Gasteiger charge is -2.38. The van der Waals surface area contributed by atoms with Crippen LogP contribution in [0.15, 0.2) is 48.5 Å². The molecule has 0 bridgehead atoms. The van der Waals surface area contributed by atoms with Crippen LogP contribution in [-0.2, 0) is 21.0 Å². The van der Waals surface area contributed by atoms with Crippen molar-refractivity contribution in [3.63, 3.8) is 0 Å².